The number of aromatic nitrogens is 4. The van der Waals surface area contributed by atoms with Crippen molar-refractivity contribution in [1.82, 2.24) is 24.7 Å². The SMILES string of the molecule is Cc1cn2cc(NC(O)c3ccc(C4CCNCC4F)c4nccnc34)cc(F)c2n1. The van der Waals surface area contributed by atoms with Crippen LogP contribution in [0, 0.1) is 12.7 Å². The molecule has 31 heavy (non-hydrogen) atoms. The molecule has 9 heteroatoms. The maximum Gasteiger partial charge on any atom is 0.173 e. The van der Waals surface area contributed by atoms with Gasteiger partial charge in [-0.05, 0) is 25.5 Å². The smallest absolute Gasteiger partial charge is 0.173 e. The molecule has 1 fully saturated rings. The van der Waals surface area contributed by atoms with Crippen molar-refractivity contribution in [2.24, 2.45) is 0 Å². The fourth-order valence-electron chi connectivity index (χ4n) is 4.28. The molecule has 0 bridgehead atoms. The molecule has 1 aromatic carbocycles. The van der Waals surface area contributed by atoms with Crippen LogP contribution in [-0.2, 0) is 0 Å². The molecule has 4 heterocycles. The molecule has 160 valence electrons. The van der Waals surface area contributed by atoms with Gasteiger partial charge in [-0.3, -0.25) is 9.97 Å². The van der Waals surface area contributed by atoms with E-state index in [4.69, 9.17) is 0 Å². The summed E-state index contributed by atoms with van der Waals surface area (Å²) in [6.45, 7) is 2.83. The molecule has 0 aliphatic carbocycles. The Bertz CT molecular complexity index is 1260. The number of benzene rings is 1. The highest BCUT2D eigenvalue weighted by molar-refractivity contribution is 5.82. The fraction of sp³-hybridized carbons (Fsp3) is 0.318. The fourth-order valence-corrected chi connectivity index (χ4v) is 4.28. The van der Waals surface area contributed by atoms with E-state index in [1.54, 1.807) is 36.0 Å². The Hall–Kier alpha value is -3.17. The van der Waals surface area contributed by atoms with Crippen molar-refractivity contribution >= 4 is 22.4 Å². The van der Waals surface area contributed by atoms with Crippen LogP contribution < -0.4 is 10.6 Å². The third-order valence-corrected chi connectivity index (χ3v) is 5.72. The molecular formula is C22H22F2N6O. The third kappa shape index (κ3) is 3.60. The summed E-state index contributed by atoms with van der Waals surface area (Å²) in [6, 6.07) is 4.83. The first-order chi connectivity index (χ1) is 15.0. The van der Waals surface area contributed by atoms with Gasteiger partial charge in [0.15, 0.2) is 17.7 Å². The summed E-state index contributed by atoms with van der Waals surface area (Å²) in [5.74, 6) is -0.772. The van der Waals surface area contributed by atoms with Gasteiger partial charge in [-0.15, -0.1) is 0 Å². The lowest BCUT2D eigenvalue weighted by atomic mass is 9.87. The van der Waals surface area contributed by atoms with Crippen LogP contribution >= 0.6 is 0 Å². The molecule has 7 nitrogen and oxygen atoms in total. The monoisotopic (exact) mass is 424 g/mol. The molecule has 0 saturated carbocycles. The lowest BCUT2D eigenvalue weighted by Gasteiger charge is -2.28. The van der Waals surface area contributed by atoms with Gasteiger partial charge in [0.2, 0.25) is 0 Å². The number of piperidine rings is 1. The summed E-state index contributed by atoms with van der Waals surface area (Å²) in [5.41, 5.74) is 3.64. The van der Waals surface area contributed by atoms with E-state index in [1.807, 2.05) is 6.07 Å². The van der Waals surface area contributed by atoms with Crippen LogP contribution in [0.2, 0.25) is 0 Å². The first-order valence-corrected chi connectivity index (χ1v) is 10.2. The average molecular weight is 424 g/mol. The van der Waals surface area contributed by atoms with Gasteiger partial charge in [-0.1, -0.05) is 12.1 Å². The zero-order valence-corrected chi connectivity index (χ0v) is 16.9. The molecule has 0 amide bonds. The average Bonchev–Trinajstić information content (AvgIpc) is 3.14. The molecular weight excluding hydrogens is 402 g/mol. The Labute approximate surface area is 177 Å². The minimum Gasteiger partial charge on any atom is -0.369 e. The second-order valence-electron chi connectivity index (χ2n) is 7.85. The number of hydrogen-bond acceptors (Lipinski definition) is 6. The topological polar surface area (TPSA) is 87.4 Å². The lowest BCUT2D eigenvalue weighted by molar-refractivity contribution is 0.209. The molecule has 3 atom stereocenters. The van der Waals surface area contributed by atoms with Gasteiger partial charge in [0, 0.05) is 48.9 Å². The number of aliphatic hydroxyl groups is 1. The summed E-state index contributed by atoms with van der Waals surface area (Å²) < 4.78 is 30.5. The number of rotatable bonds is 4. The molecule has 0 spiro atoms. The number of imidazole rings is 1. The lowest BCUT2D eigenvalue weighted by Crippen LogP contribution is -2.36. The largest absolute Gasteiger partial charge is 0.369 e. The van der Waals surface area contributed by atoms with Crippen molar-refractivity contribution < 1.29 is 13.9 Å². The van der Waals surface area contributed by atoms with Gasteiger partial charge in [0.05, 0.1) is 22.4 Å². The van der Waals surface area contributed by atoms with Crippen molar-refractivity contribution in [2.45, 2.75) is 31.7 Å². The first kappa shape index (κ1) is 19.8. The van der Waals surface area contributed by atoms with Crippen molar-refractivity contribution in [2.75, 3.05) is 18.4 Å². The summed E-state index contributed by atoms with van der Waals surface area (Å²) in [5, 5.41) is 16.9. The van der Waals surface area contributed by atoms with Crippen molar-refractivity contribution in [3.63, 3.8) is 0 Å². The highest BCUT2D eigenvalue weighted by Gasteiger charge is 2.29. The maximum atomic E-state index is 14.6. The predicted molar refractivity (Wildman–Crippen MR) is 113 cm³/mol. The standard InChI is InChI=1S/C22H22F2N6O/c1-12-10-30-11-13(8-17(23)21(30)28-12)29-22(31)16-3-2-15(14-4-5-25-9-18(14)24)19-20(16)27-7-6-26-19/h2-3,6-8,10-11,14,18,22,25,29,31H,4-5,9H2,1H3. The van der Waals surface area contributed by atoms with E-state index in [9.17, 15) is 13.9 Å². The molecule has 5 rings (SSSR count). The van der Waals surface area contributed by atoms with E-state index in [2.05, 4.69) is 25.6 Å². The van der Waals surface area contributed by atoms with Gasteiger partial charge < -0.3 is 20.1 Å². The molecule has 1 aliphatic heterocycles. The summed E-state index contributed by atoms with van der Waals surface area (Å²) >= 11 is 0. The number of aryl methyl sites for hydroxylation is 1. The number of aliphatic hydroxyl groups excluding tert-OH is 1. The Morgan fingerprint density at radius 1 is 1.23 bits per heavy atom. The quantitative estimate of drug-likeness (QED) is 0.436. The molecule has 1 saturated heterocycles. The summed E-state index contributed by atoms with van der Waals surface area (Å²) in [7, 11) is 0. The Morgan fingerprint density at radius 3 is 2.84 bits per heavy atom. The number of halogens is 2. The second-order valence-corrected chi connectivity index (χ2v) is 7.85. The summed E-state index contributed by atoms with van der Waals surface area (Å²) in [4.78, 5) is 13.0. The van der Waals surface area contributed by atoms with E-state index >= 15 is 0 Å². The first-order valence-electron chi connectivity index (χ1n) is 10.2. The maximum absolute atomic E-state index is 14.6. The number of fused-ring (bicyclic) bond motifs is 2. The molecule has 3 aromatic heterocycles. The van der Waals surface area contributed by atoms with Crippen LogP contribution in [0.15, 0.2) is 43.0 Å². The molecule has 0 radical (unpaired) electrons. The van der Waals surface area contributed by atoms with E-state index in [0.717, 1.165) is 12.1 Å². The number of pyridine rings is 1. The van der Waals surface area contributed by atoms with E-state index in [1.165, 1.54) is 12.3 Å². The van der Waals surface area contributed by atoms with E-state index in [0.29, 0.717) is 40.9 Å². The number of anilines is 1. The van der Waals surface area contributed by atoms with Crippen LogP contribution in [0.4, 0.5) is 14.5 Å². The summed E-state index contributed by atoms with van der Waals surface area (Å²) in [6.07, 6.45) is 4.96. The zero-order chi connectivity index (χ0) is 21.5. The van der Waals surface area contributed by atoms with Gasteiger partial charge in [-0.25, -0.2) is 13.8 Å². The predicted octanol–water partition coefficient (Wildman–Crippen LogP) is 3.24. The highest BCUT2D eigenvalue weighted by Crippen LogP contribution is 2.34. The minimum absolute atomic E-state index is 0.223. The van der Waals surface area contributed by atoms with Crippen molar-refractivity contribution in [3.8, 4) is 0 Å². The Balaban J connectivity index is 1.51. The number of hydrogen-bond donors (Lipinski definition) is 3. The Kier molecular flexibility index (Phi) is 4.99. The van der Waals surface area contributed by atoms with Gasteiger partial charge >= 0.3 is 0 Å². The van der Waals surface area contributed by atoms with Gasteiger partial charge in [-0.2, -0.15) is 0 Å². The number of nitrogens with one attached hydrogen (secondary N) is 2. The van der Waals surface area contributed by atoms with Crippen LogP contribution in [0.25, 0.3) is 16.7 Å². The van der Waals surface area contributed by atoms with E-state index < -0.39 is 18.2 Å². The zero-order valence-electron chi connectivity index (χ0n) is 16.9. The van der Waals surface area contributed by atoms with Crippen molar-refractivity contribution in [1.29, 1.82) is 0 Å². The number of nitrogens with zero attached hydrogens (tertiary/aromatic N) is 4. The molecule has 1 aliphatic rings. The van der Waals surface area contributed by atoms with Gasteiger partial charge in [0.25, 0.3) is 0 Å². The van der Waals surface area contributed by atoms with Crippen molar-refractivity contribution in [3.05, 3.63) is 65.6 Å². The second kappa shape index (κ2) is 7.82. The van der Waals surface area contributed by atoms with Crippen LogP contribution in [0.3, 0.4) is 0 Å². The minimum atomic E-state index is -1.16. The van der Waals surface area contributed by atoms with Crippen LogP contribution in [0.1, 0.15) is 35.4 Å². The molecule has 3 N–H and O–H groups in total. The van der Waals surface area contributed by atoms with Crippen LogP contribution in [-0.4, -0.2) is 43.7 Å². The van der Waals surface area contributed by atoms with Crippen LogP contribution in [0.5, 0.6) is 0 Å². The normalized spacial score (nSPS) is 20.3. The third-order valence-electron chi connectivity index (χ3n) is 5.72. The Morgan fingerprint density at radius 2 is 2.03 bits per heavy atom. The van der Waals surface area contributed by atoms with Gasteiger partial charge in [0.1, 0.15) is 6.17 Å². The highest BCUT2D eigenvalue weighted by atomic mass is 19.1. The molecule has 3 unspecified atom stereocenters. The van der Waals surface area contributed by atoms with E-state index in [-0.39, 0.29) is 11.6 Å². The molecule has 4 aromatic rings. The number of alkyl halides is 1.